The molecule has 0 spiro atoms. The fourth-order valence-electron chi connectivity index (χ4n) is 1.50. The standard InChI is InChI=1S/C9H13IN4/c10-14-5-3-13(4-6-14)9-2-1-8(11)7-12-9/h1-2,7H,3-6,11H2. The Bertz CT molecular complexity index is 292. The number of hydrogen-bond acceptors (Lipinski definition) is 4. The molecule has 1 aliphatic heterocycles. The summed E-state index contributed by atoms with van der Waals surface area (Å²) in [6, 6.07) is 3.89. The Morgan fingerprint density at radius 1 is 1.21 bits per heavy atom. The van der Waals surface area contributed by atoms with Gasteiger partial charge in [-0.15, -0.1) is 0 Å². The van der Waals surface area contributed by atoms with Crippen molar-refractivity contribution in [1.29, 1.82) is 0 Å². The predicted octanol–water partition coefficient (Wildman–Crippen LogP) is 1.14. The highest BCUT2D eigenvalue weighted by molar-refractivity contribution is 14.1. The number of nitrogens with two attached hydrogens (primary N) is 1. The van der Waals surface area contributed by atoms with Gasteiger partial charge in [0.15, 0.2) is 0 Å². The molecule has 0 bridgehead atoms. The molecule has 76 valence electrons. The van der Waals surface area contributed by atoms with Crippen LogP contribution in [0.2, 0.25) is 0 Å². The summed E-state index contributed by atoms with van der Waals surface area (Å²) in [4.78, 5) is 6.59. The van der Waals surface area contributed by atoms with E-state index >= 15 is 0 Å². The van der Waals surface area contributed by atoms with E-state index in [4.69, 9.17) is 5.73 Å². The maximum atomic E-state index is 5.59. The molecule has 4 nitrogen and oxygen atoms in total. The van der Waals surface area contributed by atoms with E-state index in [1.54, 1.807) is 6.20 Å². The lowest BCUT2D eigenvalue weighted by molar-refractivity contribution is 0.458. The maximum Gasteiger partial charge on any atom is 0.128 e. The molecule has 5 heteroatoms. The van der Waals surface area contributed by atoms with E-state index in [1.807, 2.05) is 12.1 Å². The molecule has 0 radical (unpaired) electrons. The van der Waals surface area contributed by atoms with Gasteiger partial charge in [-0.25, -0.2) is 8.10 Å². The lowest BCUT2D eigenvalue weighted by atomic mass is 10.3. The van der Waals surface area contributed by atoms with E-state index in [9.17, 15) is 0 Å². The van der Waals surface area contributed by atoms with Crippen LogP contribution in [0.4, 0.5) is 11.5 Å². The third-order valence-electron chi connectivity index (χ3n) is 2.32. The number of piperazine rings is 1. The van der Waals surface area contributed by atoms with Crippen LogP contribution in [0.15, 0.2) is 18.3 Å². The van der Waals surface area contributed by atoms with Gasteiger partial charge < -0.3 is 10.6 Å². The van der Waals surface area contributed by atoms with Crippen LogP contribution in [0.3, 0.4) is 0 Å². The molecule has 2 heterocycles. The first-order chi connectivity index (χ1) is 6.75. The van der Waals surface area contributed by atoms with E-state index in [2.05, 4.69) is 35.9 Å². The predicted molar refractivity (Wildman–Crippen MR) is 66.5 cm³/mol. The van der Waals surface area contributed by atoms with Crippen molar-refractivity contribution in [2.24, 2.45) is 0 Å². The summed E-state index contributed by atoms with van der Waals surface area (Å²) in [5.74, 6) is 1.03. The lowest BCUT2D eigenvalue weighted by Gasteiger charge is -2.31. The highest BCUT2D eigenvalue weighted by atomic mass is 127. The van der Waals surface area contributed by atoms with Crippen LogP contribution in [0.25, 0.3) is 0 Å². The number of hydrogen-bond donors (Lipinski definition) is 1. The molecule has 0 aromatic carbocycles. The van der Waals surface area contributed by atoms with E-state index in [0.717, 1.165) is 37.7 Å². The largest absolute Gasteiger partial charge is 0.397 e. The summed E-state index contributed by atoms with van der Waals surface area (Å²) >= 11 is 2.36. The Balaban J connectivity index is 2.05. The van der Waals surface area contributed by atoms with Gasteiger partial charge in [0.05, 0.1) is 11.9 Å². The van der Waals surface area contributed by atoms with E-state index < -0.39 is 0 Å². The van der Waals surface area contributed by atoms with E-state index in [-0.39, 0.29) is 0 Å². The second kappa shape index (κ2) is 4.31. The third kappa shape index (κ3) is 2.27. The molecule has 0 saturated carbocycles. The maximum absolute atomic E-state index is 5.59. The first kappa shape index (κ1) is 9.97. The molecule has 0 aliphatic carbocycles. The number of aromatic nitrogens is 1. The SMILES string of the molecule is Nc1ccc(N2CCN(I)CC2)nc1. The number of halogens is 1. The van der Waals surface area contributed by atoms with Crippen molar-refractivity contribution in [3.8, 4) is 0 Å². The molecule has 1 saturated heterocycles. The first-order valence-electron chi connectivity index (χ1n) is 4.63. The van der Waals surface area contributed by atoms with Crippen LogP contribution in [-0.4, -0.2) is 34.3 Å². The Morgan fingerprint density at radius 2 is 1.93 bits per heavy atom. The van der Waals surface area contributed by atoms with Gasteiger partial charge in [-0.05, 0) is 12.1 Å². The Kier molecular flexibility index (Phi) is 3.07. The Labute approximate surface area is 97.6 Å². The van der Waals surface area contributed by atoms with Crippen LogP contribution < -0.4 is 10.6 Å². The van der Waals surface area contributed by atoms with Crippen molar-refractivity contribution in [1.82, 2.24) is 8.10 Å². The van der Waals surface area contributed by atoms with Gasteiger partial charge in [-0.1, -0.05) is 0 Å². The average molecular weight is 304 g/mol. The zero-order valence-electron chi connectivity index (χ0n) is 7.86. The minimum atomic E-state index is 0.723. The monoisotopic (exact) mass is 304 g/mol. The molecule has 0 unspecified atom stereocenters. The van der Waals surface area contributed by atoms with Crippen LogP contribution >= 0.6 is 22.9 Å². The normalized spacial score (nSPS) is 18.5. The summed E-state index contributed by atoms with van der Waals surface area (Å²) in [5, 5.41) is 0. The number of rotatable bonds is 1. The molecule has 1 aromatic heterocycles. The number of pyridine rings is 1. The third-order valence-corrected chi connectivity index (χ3v) is 3.28. The van der Waals surface area contributed by atoms with Crippen LogP contribution in [-0.2, 0) is 0 Å². The van der Waals surface area contributed by atoms with Crippen molar-refractivity contribution in [3.63, 3.8) is 0 Å². The average Bonchev–Trinajstić information content (AvgIpc) is 2.21. The van der Waals surface area contributed by atoms with Gasteiger partial charge in [-0.3, -0.25) is 0 Å². The summed E-state index contributed by atoms with van der Waals surface area (Å²) in [6.45, 7) is 4.26. The van der Waals surface area contributed by atoms with Gasteiger partial charge in [0, 0.05) is 49.0 Å². The minimum Gasteiger partial charge on any atom is -0.397 e. The second-order valence-electron chi connectivity index (χ2n) is 3.35. The Hall–Kier alpha value is -0.560. The van der Waals surface area contributed by atoms with Crippen molar-refractivity contribution in [3.05, 3.63) is 18.3 Å². The number of nitrogens with zero attached hydrogens (tertiary/aromatic N) is 3. The quantitative estimate of drug-likeness (QED) is 0.624. The highest BCUT2D eigenvalue weighted by Crippen LogP contribution is 2.15. The molecule has 1 aliphatic rings. The number of nitrogen functional groups attached to an aromatic ring is 1. The summed E-state index contributed by atoms with van der Waals surface area (Å²) in [5.41, 5.74) is 6.31. The zero-order chi connectivity index (χ0) is 9.97. The van der Waals surface area contributed by atoms with Crippen LogP contribution in [0.5, 0.6) is 0 Å². The minimum absolute atomic E-state index is 0.723. The van der Waals surface area contributed by atoms with Crippen molar-refractivity contribution in [2.45, 2.75) is 0 Å². The van der Waals surface area contributed by atoms with Gasteiger partial charge >= 0.3 is 0 Å². The molecule has 1 fully saturated rings. The van der Waals surface area contributed by atoms with Crippen molar-refractivity contribution < 1.29 is 0 Å². The van der Waals surface area contributed by atoms with E-state index in [0.29, 0.717) is 0 Å². The van der Waals surface area contributed by atoms with Crippen molar-refractivity contribution in [2.75, 3.05) is 36.8 Å². The molecule has 0 amide bonds. The summed E-state index contributed by atoms with van der Waals surface area (Å²) in [6.07, 6.45) is 1.71. The molecule has 14 heavy (non-hydrogen) atoms. The first-order valence-corrected chi connectivity index (χ1v) is 5.59. The molecule has 0 atom stereocenters. The second-order valence-corrected chi connectivity index (χ2v) is 4.71. The van der Waals surface area contributed by atoms with Crippen molar-refractivity contribution >= 4 is 34.4 Å². The highest BCUT2D eigenvalue weighted by Gasteiger charge is 2.15. The van der Waals surface area contributed by atoms with E-state index in [1.165, 1.54) is 0 Å². The summed E-state index contributed by atoms with van der Waals surface area (Å²) in [7, 11) is 0. The van der Waals surface area contributed by atoms with Gasteiger partial charge in [0.25, 0.3) is 0 Å². The molecular weight excluding hydrogens is 291 g/mol. The van der Waals surface area contributed by atoms with Crippen LogP contribution in [0.1, 0.15) is 0 Å². The smallest absolute Gasteiger partial charge is 0.128 e. The molecular formula is C9H13IN4. The van der Waals surface area contributed by atoms with Gasteiger partial charge in [0.2, 0.25) is 0 Å². The van der Waals surface area contributed by atoms with Crippen LogP contribution in [0, 0.1) is 0 Å². The fourth-order valence-corrected chi connectivity index (χ4v) is 1.93. The molecule has 1 aromatic rings. The van der Waals surface area contributed by atoms with Gasteiger partial charge in [0.1, 0.15) is 5.82 Å². The summed E-state index contributed by atoms with van der Waals surface area (Å²) < 4.78 is 2.30. The Morgan fingerprint density at radius 3 is 2.50 bits per heavy atom. The zero-order valence-corrected chi connectivity index (χ0v) is 10.0. The molecule has 2 rings (SSSR count). The van der Waals surface area contributed by atoms with Gasteiger partial charge in [-0.2, -0.15) is 0 Å². The molecule has 2 N–H and O–H groups in total. The number of anilines is 2. The lowest BCUT2D eigenvalue weighted by Crippen LogP contribution is -2.42. The fraction of sp³-hybridized carbons (Fsp3) is 0.444. The topological polar surface area (TPSA) is 45.4 Å².